The van der Waals surface area contributed by atoms with Crippen molar-refractivity contribution in [2.24, 2.45) is 0 Å². The van der Waals surface area contributed by atoms with Gasteiger partial charge in [0.2, 0.25) is 0 Å². The smallest absolute Gasteiger partial charge is 0.294 e. The molecule has 3 rings (SSSR count). The maximum Gasteiger partial charge on any atom is 0.294 e. The van der Waals surface area contributed by atoms with Gasteiger partial charge in [0.05, 0.1) is 21.7 Å². The molecule has 0 saturated heterocycles. The van der Waals surface area contributed by atoms with Crippen molar-refractivity contribution in [2.75, 3.05) is 5.32 Å². The highest BCUT2D eigenvalue weighted by molar-refractivity contribution is 5.50. The van der Waals surface area contributed by atoms with E-state index in [-0.39, 0.29) is 11.4 Å². The lowest BCUT2D eigenvalue weighted by atomic mass is 10.00. The van der Waals surface area contributed by atoms with Crippen molar-refractivity contribution in [1.82, 2.24) is 9.78 Å². The van der Waals surface area contributed by atoms with Crippen LogP contribution in [0.2, 0.25) is 0 Å². The minimum absolute atomic E-state index is 0.00227. The normalized spacial score (nSPS) is 16.7. The molecule has 9 nitrogen and oxygen atoms in total. The molecule has 1 atom stereocenters. The standard InChI is InChI=1S/C14H13N5O4/c1-2-11-14(19(22)23)13(17-12(16-11)7-8-15-17)9-3-5-10(6-4-9)18(20)21/h3-8,13,16H,2H2,1H3. The molecule has 1 aliphatic rings. The third kappa shape index (κ3) is 2.41. The number of anilines is 1. The Hall–Kier alpha value is -3.23. The van der Waals surface area contributed by atoms with Gasteiger partial charge in [-0.3, -0.25) is 20.2 Å². The van der Waals surface area contributed by atoms with E-state index in [9.17, 15) is 20.2 Å². The van der Waals surface area contributed by atoms with Crippen LogP contribution in [-0.2, 0) is 0 Å². The van der Waals surface area contributed by atoms with Crippen LogP contribution in [0.1, 0.15) is 24.9 Å². The zero-order valence-electron chi connectivity index (χ0n) is 12.2. The number of benzene rings is 1. The van der Waals surface area contributed by atoms with Gasteiger partial charge >= 0.3 is 0 Å². The van der Waals surface area contributed by atoms with Gasteiger partial charge in [0.1, 0.15) is 5.82 Å². The highest BCUT2D eigenvalue weighted by Gasteiger charge is 2.37. The van der Waals surface area contributed by atoms with Crippen molar-refractivity contribution in [3.05, 3.63) is 73.7 Å². The quantitative estimate of drug-likeness (QED) is 0.685. The van der Waals surface area contributed by atoms with E-state index in [0.717, 1.165) is 0 Å². The fraction of sp³-hybridized carbons (Fsp3) is 0.214. The lowest BCUT2D eigenvalue weighted by Crippen LogP contribution is -2.28. The van der Waals surface area contributed by atoms with E-state index < -0.39 is 15.9 Å². The molecule has 1 aromatic heterocycles. The van der Waals surface area contributed by atoms with Crippen molar-refractivity contribution < 1.29 is 9.85 Å². The third-order valence-electron chi connectivity index (χ3n) is 3.73. The molecule has 2 aromatic rings. The van der Waals surface area contributed by atoms with Gasteiger partial charge in [-0.1, -0.05) is 6.92 Å². The largest absolute Gasteiger partial charge is 0.338 e. The van der Waals surface area contributed by atoms with Gasteiger partial charge in [-0.25, -0.2) is 4.68 Å². The van der Waals surface area contributed by atoms with Crippen molar-refractivity contribution >= 4 is 11.5 Å². The molecule has 0 amide bonds. The van der Waals surface area contributed by atoms with Gasteiger partial charge in [-0.15, -0.1) is 0 Å². The lowest BCUT2D eigenvalue weighted by molar-refractivity contribution is -0.433. The van der Waals surface area contributed by atoms with Crippen LogP contribution < -0.4 is 5.32 Å². The molecule has 1 aliphatic heterocycles. The van der Waals surface area contributed by atoms with Crippen LogP contribution >= 0.6 is 0 Å². The van der Waals surface area contributed by atoms with Gasteiger partial charge in [0.15, 0.2) is 6.04 Å². The molecule has 9 heteroatoms. The fourth-order valence-electron chi connectivity index (χ4n) is 2.68. The zero-order chi connectivity index (χ0) is 16.6. The molecular formula is C14H13N5O4. The molecule has 1 aromatic carbocycles. The van der Waals surface area contributed by atoms with Crippen LogP contribution in [0.25, 0.3) is 0 Å². The van der Waals surface area contributed by atoms with Crippen LogP contribution in [0, 0.1) is 20.2 Å². The maximum absolute atomic E-state index is 11.6. The number of nitrogens with one attached hydrogen (secondary N) is 1. The summed E-state index contributed by atoms with van der Waals surface area (Å²) in [6.07, 6.45) is 2.02. The second kappa shape index (κ2) is 5.52. The molecule has 0 fully saturated rings. The average Bonchev–Trinajstić information content (AvgIpc) is 3.00. The summed E-state index contributed by atoms with van der Waals surface area (Å²) < 4.78 is 1.51. The second-order valence-electron chi connectivity index (χ2n) is 5.01. The van der Waals surface area contributed by atoms with Crippen molar-refractivity contribution in [2.45, 2.75) is 19.4 Å². The van der Waals surface area contributed by atoms with Crippen LogP contribution in [0.5, 0.6) is 0 Å². The number of allylic oxidation sites excluding steroid dienone is 2. The Labute approximate surface area is 130 Å². The number of non-ortho nitro benzene ring substituents is 1. The predicted molar refractivity (Wildman–Crippen MR) is 81.4 cm³/mol. The molecule has 0 bridgehead atoms. The molecule has 0 radical (unpaired) electrons. The first-order chi connectivity index (χ1) is 11.0. The van der Waals surface area contributed by atoms with E-state index in [1.807, 2.05) is 6.92 Å². The molecule has 2 heterocycles. The molecular weight excluding hydrogens is 302 g/mol. The highest BCUT2D eigenvalue weighted by Crippen LogP contribution is 2.36. The molecule has 1 unspecified atom stereocenters. The number of rotatable bonds is 4. The van der Waals surface area contributed by atoms with E-state index in [0.29, 0.717) is 23.5 Å². The second-order valence-corrected chi connectivity index (χ2v) is 5.01. The summed E-state index contributed by atoms with van der Waals surface area (Å²) in [4.78, 5) is 21.4. The number of hydrogen-bond donors (Lipinski definition) is 1. The van der Waals surface area contributed by atoms with Crippen molar-refractivity contribution in [1.29, 1.82) is 0 Å². The zero-order valence-corrected chi connectivity index (χ0v) is 12.2. The Bertz CT molecular complexity index is 809. The van der Waals surface area contributed by atoms with Gasteiger partial charge in [0.25, 0.3) is 11.4 Å². The minimum Gasteiger partial charge on any atom is -0.338 e. The first-order valence-electron chi connectivity index (χ1n) is 6.95. The average molecular weight is 315 g/mol. The van der Waals surface area contributed by atoms with E-state index in [4.69, 9.17) is 0 Å². The molecule has 1 N–H and O–H groups in total. The lowest BCUT2D eigenvalue weighted by Gasteiger charge is -2.25. The summed E-state index contributed by atoms with van der Waals surface area (Å²) in [6, 6.07) is 6.72. The van der Waals surface area contributed by atoms with E-state index in [1.165, 1.54) is 28.9 Å². The number of aromatic nitrogens is 2. The van der Waals surface area contributed by atoms with E-state index in [2.05, 4.69) is 10.4 Å². The summed E-state index contributed by atoms with van der Waals surface area (Å²) in [5.41, 5.74) is 1.01. The summed E-state index contributed by atoms with van der Waals surface area (Å²) in [5, 5.41) is 29.5. The number of nitro benzene ring substituents is 1. The number of nitro groups is 2. The number of nitrogens with zero attached hydrogens (tertiary/aromatic N) is 4. The van der Waals surface area contributed by atoms with Crippen LogP contribution in [0.3, 0.4) is 0 Å². The predicted octanol–water partition coefficient (Wildman–Crippen LogP) is 2.70. The van der Waals surface area contributed by atoms with Gasteiger partial charge in [-0.2, -0.15) is 5.10 Å². The molecule has 0 saturated carbocycles. The number of hydrogen-bond acceptors (Lipinski definition) is 6. The van der Waals surface area contributed by atoms with Crippen LogP contribution in [0.4, 0.5) is 11.5 Å². The summed E-state index contributed by atoms with van der Waals surface area (Å²) in [6.45, 7) is 1.82. The van der Waals surface area contributed by atoms with Gasteiger partial charge < -0.3 is 5.32 Å². The topological polar surface area (TPSA) is 116 Å². The maximum atomic E-state index is 11.6. The van der Waals surface area contributed by atoms with Gasteiger partial charge in [-0.05, 0) is 24.1 Å². The first-order valence-corrected chi connectivity index (χ1v) is 6.95. The van der Waals surface area contributed by atoms with Crippen LogP contribution in [-0.4, -0.2) is 19.6 Å². The summed E-state index contributed by atoms with van der Waals surface area (Å²) in [7, 11) is 0. The molecule has 0 aliphatic carbocycles. The van der Waals surface area contributed by atoms with Crippen molar-refractivity contribution in [3.63, 3.8) is 0 Å². The van der Waals surface area contributed by atoms with Gasteiger partial charge in [0, 0.05) is 18.2 Å². The monoisotopic (exact) mass is 315 g/mol. The molecule has 0 spiro atoms. The minimum atomic E-state index is -0.730. The third-order valence-corrected chi connectivity index (χ3v) is 3.73. The van der Waals surface area contributed by atoms with Crippen LogP contribution in [0.15, 0.2) is 47.9 Å². The fourth-order valence-corrected chi connectivity index (χ4v) is 2.68. The Morgan fingerprint density at radius 2 is 1.87 bits per heavy atom. The van der Waals surface area contributed by atoms with E-state index in [1.54, 1.807) is 12.3 Å². The first kappa shape index (κ1) is 14.7. The Morgan fingerprint density at radius 1 is 1.17 bits per heavy atom. The Morgan fingerprint density at radius 3 is 2.43 bits per heavy atom. The number of fused-ring (bicyclic) bond motifs is 1. The molecule has 23 heavy (non-hydrogen) atoms. The SMILES string of the molecule is CCC1=C([N+](=O)[O-])C(c2ccc([N+](=O)[O-])cc2)n2nccc2N1. The van der Waals surface area contributed by atoms with Crippen molar-refractivity contribution in [3.8, 4) is 0 Å². The summed E-state index contributed by atoms with van der Waals surface area (Å²) >= 11 is 0. The van der Waals surface area contributed by atoms with E-state index >= 15 is 0 Å². The highest BCUT2D eigenvalue weighted by atomic mass is 16.6. The Kier molecular flexibility index (Phi) is 3.53. The summed E-state index contributed by atoms with van der Waals surface area (Å²) in [5.74, 6) is 0.649. The molecule has 118 valence electrons. The Balaban J connectivity index is 2.15.